The Bertz CT molecular complexity index is 1350. The molecule has 2 amide bonds. The quantitative estimate of drug-likeness (QED) is 0.405. The molecule has 182 valence electrons. The summed E-state index contributed by atoms with van der Waals surface area (Å²) in [6, 6.07) is 25.8. The van der Waals surface area contributed by atoms with E-state index in [9.17, 15) is 9.59 Å². The number of nitrogens with zero attached hydrogens (tertiary/aromatic N) is 3. The maximum atomic E-state index is 12.7. The normalized spacial score (nSPS) is 14.8. The molecule has 0 spiro atoms. The molecule has 7 heteroatoms. The molecule has 0 fully saturated rings. The third-order valence-corrected chi connectivity index (χ3v) is 6.30. The number of ether oxygens (including phenoxy) is 1. The van der Waals surface area contributed by atoms with Gasteiger partial charge in [-0.2, -0.15) is 5.10 Å². The first-order chi connectivity index (χ1) is 17.6. The van der Waals surface area contributed by atoms with Crippen LogP contribution < -0.4 is 15.0 Å². The summed E-state index contributed by atoms with van der Waals surface area (Å²) in [7, 11) is 0. The zero-order valence-electron chi connectivity index (χ0n) is 20.1. The van der Waals surface area contributed by atoms with Crippen molar-refractivity contribution in [2.75, 3.05) is 11.4 Å². The van der Waals surface area contributed by atoms with Crippen LogP contribution in [-0.2, 0) is 22.7 Å². The van der Waals surface area contributed by atoms with Crippen molar-refractivity contribution < 1.29 is 14.3 Å². The second-order valence-corrected chi connectivity index (χ2v) is 8.80. The van der Waals surface area contributed by atoms with Gasteiger partial charge in [-0.15, -0.1) is 0 Å². The third-order valence-electron chi connectivity index (χ3n) is 6.30. The van der Waals surface area contributed by atoms with Crippen LogP contribution in [0.3, 0.4) is 0 Å². The van der Waals surface area contributed by atoms with Crippen LogP contribution in [0.25, 0.3) is 11.1 Å². The van der Waals surface area contributed by atoms with E-state index in [4.69, 9.17) is 4.74 Å². The van der Waals surface area contributed by atoms with Crippen molar-refractivity contribution in [3.05, 3.63) is 102 Å². The van der Waals surface area contributed by atoms with Crippen molar-refractivity contribution in [3.8, 4) is 16.9 Å². The molecular formula is C29H28N4O3. The van der Waals surface area contributed by atoms with Gasteiger partial charge in [0.2, 0.25) is 5.91 Å². The number of hydrogen-bond donors (Lipinski definition) is 1. The standard InChI is InChI=1S/C29H28N4O3/c1-21-29(35)33(26-9-4-5-10-27(26)36-21)18-15-28(34)30-19-24-7-2-3-8-25(24)23-13-11-22(12-14-23)20-32-17-6-16-31-32/h2-14,16-17,21H,15,18-20H2,1H3,(H,30,34). The molecule has 7 nitrogen and oxygen atoms in total. The number of fused-ring (bicyclic) bond motifs is 1. The van der Waals surface area contributed by atoms with Gasteiger partial charge in [-0.1, -0.05) is 60.7 Å². The van der Waals surface area contributed by atoms with E-state index in [0.717, 1.165) is 23.2 Å². The number of aromatic nitrogens is 2. The van der Waals surface area contributed by atoms with E-state index in [1.165, 1.54) is 5.56 Å². The van der Waals surface area contributed by atoms with Crippen LogP contribution in [0.2, 0.25) is 0 Å². The number of anilines is 1. The highest BCUT2D eigenvalue weighted by Crippen LogP contribution is 2.33. The minimum atomic E-state index is -0.569. The highest BCUT2D eigenvalue weighted by Gasteiger charge is 2.31. The third kappa shape index (κ3) is 5.15. The molecule has 5 rings (SSSR count). The Morgan fingerprint density at radius 1 is 1.00 bits per heavy atom. The second kappa shape index (κ2) is 10.5. The highest BCUT2D eigenvalue weighted by molar-refractivity contribution is 6.00. The van der Waals surface area contributed by atoms with E-state index in [-0.39, 0.29) is 18.2 Å². The molecule has 1 N–H and O–H groups in total. The van der Waals surface area contributed by atoms with Crippen LogP contribution in [0.5, 0.6) is 5.75 Å². The molecule has 0 radical (unpaired) electrons. The fraction of sp³-hybridized carbons (Fsp3) is 0.207. The molecule has 1 atom stereocenters. The van der Waals surface area contributed by atoms with E-state index in [0.29, 0.717) is 24.5 Å². The van der Waals surface area contributed by atoms with Gasteiger partial charge in [0.1, 0.15) is 5.75 Å². The first-order valence-electron chi connectivity index (χ1n) is 12.1. The molecule has 3 aromatic carbocycles. The number of benzene rings is 3. The Hall–Kier alpha value is -4.39. The Balaban J connectivity index is 1.21. The van der Waals surface area contributed by atoms with Gasteiger partial charge in [-0.05, 0) is 47.4 Å². The Kier molecular flexibility index (Phi) is 6.80. The summed E-state index contributed by atoms with van der Waals surface area (Å²) in [5, 5.41) is 7.28. The summed E-state index contributed by atoms with van der Waals surface area (Å²) < 4.78 is 7.57. The minimum absolute atomic E-state index is 0.108. The number of nitrogens with one attached hydrogen (secondary N) is 1. The zero-order valence-corrected chi connectivity index (χ0v) is 20.1. The van der Waals surface area contributed by atoms with Gasteiger partial charge in [0, 0.05) is 31.9 Å². The number of rotatable bonds is 8. The fourth-order valence-corrected chi connectivity index (χ4v) is 4.41. The van der Waals surface area contributed by atoms with E-state index < -0.39 is 6.10 Å². The summed E-state index contributed by atoms with van der Waals surface area (Å²) in [5.74, 6) is 0.418. The van der Waals surface area contributed by atoms with Crippen LogP contribution in [0.4, 0.5) is 5.69 Å². The van der Waals surface area contributed by atoms with Crippen LogP contribution in [-0.4, -0.2) is 34.2 Å². The van der Waals surface area contributed by atoms with Crippen LogP contribution in [0.1, 0.15) is 24.5 Å². The maximum absolute atomic E-state index is 12.7. The molecule has 36 heavy (non-hydrogen) atoms. The van der Waals surface area contributed by atoms with E-state index in [1.807, 2.05) is 59.4 Å². The van der Waals surface area contributed by atoms with Crippen molar-refractivity contribution >= 4 is 17.5 Å². The lowest BCUT2D eigenvalue weighted by Crippen LogP contribution is -2.45. The molecule has 0 bridgehead atoms. The van der Waals surface area contributed by atoms with Crippen molar-refractivity contribution in [2.24, 2.45) is 0 Å². The number of amides is 2. The average Bonchev–Trinajstić information content (AvgIpc) is 3.41. The Morgan fingerprint density at radius 2 is 1.78 bits per heavy atom. The van der Waals surface area contributed by atoms with Crippen molar-refractivity contribution in [1.29, 1.82) is 0 Å². The first kappa shape index (κ1) is 23.4. The second-order valence-electron chi connectivity index (χ2n) is 8.80. The monoisotopic (exact) mass is 480 g/mol. The van der Waals surface area contributed by atoms with Gasteiger partial charge in [-0.3, -0.25) is 14.3 Å². The van der Waals surface area contributed by atoms with Crippen LogP contribution >= 0.6 is 0 Å². The summed E-state index contributed by atoms with van der Waals surface area (Å²) in [4.78, 5) is 27.0. The molecule has 0 saturated carbocycles. The number of carbonyl (C=O) groups excluding carboxylic acids is 2. The molecular weight excluding hydrogens is 452 g/mol. The predicted molar refractivity (Wildman–Crippen MR) is 139 cm³/mol. The lowest BCUT2D eigenvalue weighted by molar-refractivity contribution is -0.125. The van der Waals surface area contributed by atoms with E-state index >= 15 is 0 Å². The summed E-state index contributed by atoms with van der Waals surface area (Å²) in [5.41, 5.74) is 5.08. The van der Waals surface area contributed by atoms with Crippen LogP contribution in [0, 0.1) is 0 Å². The van der Waals surface area contributed by atoms with Gasteiger partial charge in [0.15, 0.2) is 6.10 Å². The molecule has 1 aliphatic heterocycles. The lowest BCUT2D eigenvalue weighted by atomic mass is 9.98. The van der Waals surface area contributed by atoms with Gasteiger partial charge >= 0.3 is 0 Å². The number of para-hydroxylation sites is 2. The van der Waals surface area contributed by atoms with E-state index in [1.54, 1.807) is 18.0 Å². The largest absolute Gasteiger partial charge is 0.479 e. The topological polar surface area (TPSA) is 76.5 Å². The molecule has 4 aromatic rings. The smallest absolute Gasteiger partial charge is 0.267 e. The summed E-state index contributed by atoms with van der Waals surface area (Å²) >= 11 is 0. The van der Waals surface area contributed by atoms with Crippen molar-refractivity contribution in [3.63, 3.8) is 0 Å². The fourth-order valence-electron chi connectivity index (χ4n) is 4.41. The maximum Gasteiger partial charge on any atom is 0.267 e. The molecule has 1 aliphatic rings. The minimum Gasteiger partial charge on any atom is -0.479 e. The first-order valence-corrected chi connectivity index (χ1v) is 12.1. The Labute approximate surface area is 210 Å². The summed E-state index contributed by atoms with van der Waals surface area (Å²) in [6.45, 7) is 3.16. The van der Waals surface area contributed by atoms with Gasteiger partial charge in [0.25, 0.3) is 5.91 Å². The molecule has 2 heterocycles. The van der Waals surface area contributed by atoms with Gasteiger partial charge in [0.05, 0.1) is 12.2 Å². The number of carbonyl (C=O) groups is 2. The molecule has 1 aromatic heterocycles. The Morgan fingerprint density at radius 3 is 2.58 bits per heavy atom. The van der Waals surface area contributed by atoms with Gasteiger partial charge in [-0.25, -0.2) is 0 Å². The predicted octanol–water partition coefficient (Wildman–Crippen LogP) is 4.42. The van der Waals surface area contributed by atoms with Crippen molar-refractivity contribution in [2.45, 2.75) is 32.5 Å². The van der Waals surface area contributed by atoms with Gasteiger partial charge < -0.3 is 15.0 Å². The molecule has 1 unspecified atom stereocenters. The van der Waals surface area contributed by atoms with Crippen LogP contribution in [0.15, 0.2) is 91.3 Å². The number of hydrogen-bond acceptors (Lipinski definition) is 4. The highest BCUT2D eigenvalue weighted by atomic mass is 16.5. The lowest BCUT2D eigenvalue weighted by Gasteiger charge is -2.32. The average molecular weight is 481 g/mol. The van der Waals surface area contributed by atoms with E-state index in [2.05, 4.69) is 40.7 Å². The SMILES string of the molecule is CC1Oc2ccccc2N(CCC(=O)NCc2ccccc2-c2ccc(Cn3cccn3)cc2)C1=O. The van der Waals surface area contributed by atoms with Crippen molar-refractivity contribution in [1.82, 2.24) is 15.1 Å². The molecule has 0 aliphatic carbocycles. The molecule has 0 saturated heterocycles. The summed E-state index contributed by atoms with van der Waals surface area (Å²) in [6.07, 6.45) is 3.36. The zero-order chi connectivity index (χ0) is 24.9.